The van der Waals surface area contributed by atoms with E-state index in [1.165, 1.54) is 11.1 Å². The van der Waals surface area contributed by atoms with Crippen molar-refractivity contribution in [3.05, 3.63) is 35.3 Å². The van der Waals surface area contributed by atoms with Gasteiger partial charge in [-0.25, -0.2) is 4.98 Å². The van der Waals surface area contributed by atoms with Crippen LogP contribution in [-0.4, -0.2) is 9.38 Å². The van der Waals surface area contributed by atoms with Gasteiger partial charge in [0.05, 0.1) is 5.69 Å². The van der Waals surface area contributed by atoms with Crippen molar-refractivity contribution in [2.45, 2.75) is 40.0 Å². The van der Waals surface area contributed by atoms with Gasteiger partial charge in [0, 0.05) is 12.4 Å². The Hall–Kier alpha value is -1.31. The minimum atomic E-state index is 0.186. The van der Waals surface area contributed by atoms with Gasteiger partial charge in [-0.3, -0.25) is 0 Å². The average molecular weight is 202 g/mol. The second-order valence-corrected chi connectivity index (χ2v) is 5.27. The number of pyridine rings is 1. The number of fused-ring (bicyclic) bond motifs is 1. The van der Waals surface area contributed by atoms with E-state index in [1.54, 1.807) is 0 Å². The third-order valence-electron chi connectivity index (χ3n) is 2.72. The number of rotatable bonds is 0. The number of hydrogen-bond acceptors (Lipinski definition) is 1. The molecular formula is C13H18N2. The minimum absolute atomic E-state index is 0.186. The van der Waals surface area contributed by atoms with Crippen LogP contribution in [0.3, 0.4) is 0 Å². The summed E-state index contributed by atoms with van der Waals surface area (Å²) in [4.78, 5) is 4.49. The highest BCUT2D eigenvalue weighted by atomic mass is 15.0. The molecule has 0 aliphatic heterocycles. The Bertz CT molecular complexity index is 501. The smallest absolute Gasteiger partial charge is 0.137 e. The maximum Gasteiger partial charge on any atom is 0.137 e. The molecule has 80 valence electrons. The first-order valence-electron chi connectivity index (χ1n) is 5.34. The van der Waals surface area contributed by atoms with E-state index in [0.717, 1.165) is 11.3 Å². The molecule has 0 aliphatic carbocycles. The Morgan fingerprint density at radius 2 is 1.80 bits per heavy atom. The van der Waals surface area contributed by atoms with Gasteiger partial charge in [-0.1, -0.05) is 20.8 Å². The lowest BCUT2D eigenvalue weighted by Gasteiger charge is -2.21. The van der Waals surface area contributed by atoms with Crippen LogP contribution >= 0.6 is 0 Å². The fraction of sp³-hybridized carbons (Fsp3) is 0.462. The van der Waals surface area contributed by atoms with Gasteiger partial charge >= 0.3 is 0 Å². The molecule has 2 heteroatoms. The molecule has 2 aromatic rings. The van der Waals surface area contributed by atoms with Crippen LogP contribution in [0.2, 0.25) is 0 Å². The predicted octanol–water partition coefficient (Wildman–Crippen LogP) is 3.25. The standard InChI is InChI=1S/C13H18N2/c1-9-7-15-8-10(2)14-12(15)6-11(9)13(3,4)5/h6-8H,1-5H3. The molecule has 2 nitrogen and oxygen atoms in total. The van der Waals surface area contributed by atoms with Crippen LogP contribution in [0.4, 0.5) is 0 Å². The number of hydrogen-bond donors (Lipinski definition) is 0. The fourth-order valence-electron chi connectivity index (χ4n) is 2.07. The van der Waals surface area contributed by atoms with Crippen molar-refractivity contribution in [3.8, 4) is 0 Å². The summed E-state index contributed by atoms with van der Waals surface area (Å²) in [6.45, 7) is 10.9. The zero-order chi connectivity index (χ0) is 11.2. The Balaban J connectivity index is 2.72. The lowest BCUT2D eigenvalue weighted by Crippen LogP contribution is -2.13. The van der Waals surface area contributed by atoms with Crippen molar-refractivity contribution < 1.29 is 0 Å². The van der Waals surface area contributed by atoms with E-state index in [2.05, 4.69) is 55.5 Å². The van der Waals surface area contributed by atoms with Gasteiger partial charge in [0.1, 0.15) is 5.65 Å². The van der Waals surface area contributed by atoms with E-state index in [0.29, 0.717) is 0 Å². The van der Waals surface area contributed by atoms with Crippen LogP contribution in [0, 0.1) is 13.8 Å². The molecule has 2 aromatic heterocycles. The maximum atomic E-state index is 4.49. The first-order chi connectivity index (χ1) is 6.88. The molecule has 0 radical (unpaired) electrons. The van der Waals surface area contributed by atoms with Crippen molar-refractivity contribution in [2.24, 2.45) is 0 Å². The highest BCUT2D eigenvalue weighted by Crippen LogP contribution is 2.26. The van der Waals surface area contributed by atoms with Crippen molar-refractivity contribution in [2.75, 3.05) is 0 Å². The highest BCUT2D eigenvalue weighted by Gasteiger charge is 2.17. The summed E-state index contributed by atoms with van der Waals surface area (Å²) in [5.74, 6) is 0. The molecule has 0 amide bonds. The monoisotopic (exact) mass is 202 g/mol. The molecule has 0 unspecified atom stereocenters. The quantitative estimate of drug-likeness (QED) is 0.641. The van der Waals surface area contributed by atoms with E-state index in [4.69, 9.17) is 0 Å². The van der Waals surface area contributed by atoms with E-state index in [9.17, 15) is 0 Å². The van der Waals surface area contributed by atoms with Crippen molar-refractivity contribution in [3.63, 3.8) is 0 Å². The molecule has 0 aliphatic rings. The molecule has 0 saturated heterocycles. The molecule has 2 rings (SSSR count). The van der Waals surface area contributed by atoms with Crippen molar-refractivity contribution in [1.82, 2.24) is 9.38 Å². The van der Waals surface area contributed by atoms with Gasteiger partial charge in [-0.05, 0) is 36.5 Å². The molecule has 0 saturated carbocycles. The summed E-state index contributed by atoms with van der Waals surface area (Å²) in [6.07, 6.45) is 4.23. The number of imidazole rings is 1. The highest BCUT2D eigenvalue weighted by molar-refractivity contribution is 5.47. The normalized spacial score (nSPS) is 12.3. The predicted molar refractivity (Wildman–Crippen MR) is 63.4 cm³/mol. The fourth-order valence-corrected chi connectivity index (χ4v) is 2.07. The van der Waals surface area contributed by atoms with Crippen molar-refractivity contribution >= 4 is 5.65 Å². The summed E-state index contributed by atoms with van der Waals surface area (Å²) >= 11 is 0. The molecule has 2 heterocycles. The molecule has 0 N–H and O–H groups in total. The van der Waals surface area contributed by atoms with Crippen LogP contribution in [0.1, 0.15) is 37.6 Å². The van der Waals surface area contributed by atoms with Crippen LogP contribution in [0.15, 0.2) is 18.5 Å². The largest absolute Gasteiger partial charge is 0.307 e. The van der Waals surface area contributed by atoms with Crippen molar-refractivity contribution in [1.29, 1.82) is 0 Å². The Morgan fingerprint density at radius 3 is 2.40 bits per heavy atom. The first-order valence-corrected chi connectivity index (χ1v) is 5.34. The third kappa shape index (κ3) is 1.76. The summed E-state index contributed by atoms with van der Waals surface area (Å²) in [6, 6.07) is 2.20. The molecular weight excluding hydrogens is 184 g/mol. The number of aryl methyl sites for hydroxylation is 2. The average Bonchev–Trinajstić information content (AvgIpc) is 2.40. The first kappa shape index (κ1) is 10.2. The zero-order valence-electron chi connectivity index (χ0n) is 10.1. The second kappa shape index (κ2) is 3.09. The second-order valence-electron chi connectivity index (χ2n) is 5.27. The van der Waals surface area contributed by atoms with Crippen LogP contribution < -0.4 is 0 Å². The summed E-state index contributed by atoms with van der Waals surface area (Å²) < 4.78 is 2.10. The van der Waals surface area contributed by atoms with Gasteiger partial charge < -0.3 is 4.40 Å². The Labute approximate surface area is 91.0 Å². The summed E-state index contributed by atoms with van der Waals surface area (Å²) in [5, 5.41) is 0. The molecule has 0 bridgehead atoms. The van der Waals surface area contributed by atoms with Gasteiger partial charge in [0.2, 0.25) is 0 Å². The zero-order valence-corrected chi connectivity index (χ0v) is 10.1. The van der Waals surface area contributed by atoms with E-state index >= 15 is 0 Å². The van der Waals surface area contributed by atoms with Gasteiger partial charge in [0.15, 0.2) is 0 Å². The lowest BCUT2D eigenvalue weighted by atomic mass is 9.85. The molecule has 15 heavy (non-hydrogen) atoms. The summed E-state index contributed by atoms with van der Waals surface area (Å²) in [5.41, 5.74) is 5.00. The van der Waals surface area contributed by atoms with Crippen LogP contribution in [0.5, 0.6) is 0 Å². The third-order valence-corrected chi connectivity index (χ3v) is 2.72. The number of aromatic nitrogens is 2. The van der Waals surface area contributed by atoms with Gasteiger partial charge in [0.25, 0.3) is 0 Å². The lowest BCUT2D eigenvalue weighted by molar-refractivity contribution is 0.585. The maximum absolute atomic E-state index is 4.49. The molecule has 0 atom stereocenters. The summed E-state index contributed by atoms with van der Waals surface area (Å²) in [7, 11) is 0. The Kier molecular flexibility index (Phi) is 2.10. The minimum Gasteiger partial charge on any atom is -0.307 e. The molecule has 0 aromatic carbocycles. The van der Waals surface area contributed by atoms with Gasteiger partial charge in [-0.2, -0.15) is 0 Å². The number of nitrogens with zero attached hydrogens (tertiary/aromatic N) is 2. The van der Waals surface area contributed by atoms with E-state index < -0.39 is 0 Å². The van der Waals surface area contributed by atoms with Crippen LogP contribution in [0.25, 0.3) is 5.65 Å². The SMILES string of the molecule is Cc1cn2cc(C)c(C(C)(C)C)cc2n1. The molecule has 0 spiro atoms. The topological polar surface area (TPSA) is 17.3 Å². The van der Waals surface area contributed by atoms with Gasteiger partial charge in [-0.15, -0.1) is 0 Å². The Morgan fingerprint density at radius 1 is 1.13 bits per heavy atom. The van der Waals surface area contributed by atoms with E-state index in [-0.39, 0.29) is 5.41 Å². The van der Waals surface area contributed by atoms with Crippen LogP contribution in [-0.2, 0) is 5.41 Å². The van der Waals surface area contributed by atoms with E-state index in [1.807, 2.05) is 6.92 Å². The molecule has 0 fully saturated rings.